The molecule has 3 nitrogen and oxygen atoms in total. The molecule has 0 aliphatic carbocycles. The molecule has 1 aromatic heterocycles. The van der Waals surface area contributed by atoms with Gasteiger partial charge >= 0.3 is 0 Å². The van der Waals surface area contributed by atoms with Crippen molar-refractivity contribution in [2.24, 2.45) is 4.99 Å². The number of guanidine groups is 1. The van der Waals surface area contributed by atoms with Crippen molar-refractivity contribution in [2.75, 3.05) is 25.4 Å². The van der Waals surface area contributed by atoms with Crippen molar-refractivity contribution >= 4 is 53.0 Å². The smallest absolute Gasteiger partial charge is 0.191 e. The van der Waals surface area contributed by atoms with Gasteiger partial charge in [-0.2, -0.15) is 11.8 Å². The highest BCUT2D eigenvalue weighted by Crippen LogP contribution is 2.37. The van der Waals surface area contributed by atoms with E-state index >= 15 is 0 Å². The van der Waals surface area contributed by atoms with E-state index in [0.29, 0.717) is 10.7 Å². The first-order valence-electron chi connectivity index (χ1n) is 7.82. The minimum absolute atomic E-state index is 0. The number of hydrogen-bond acceptors (Lipinski definition) is 3. The lowest BCUT2D eigenvalue weighted by Crippen LogP contribution is -2.40. The molecule has 0 amide bonds. The molecule has 0 bridgehead atoms. The Hall–Kier alpha value is 0.0500. The standard InChI is InChI=1S/C16H27N3S2.HI/c1-4-17-15(19-12-16(3)8-6-10-21-16)18-11-13(2)14-7-5-9-20-14;/h5,7,9,13H,4,6,8,10-12H2,1-3H3,(H2,17,18,19);1H. The molecule has 1 saturated heterocycles. The Morgan fingerprint density at radius 2 is 2.27 bits per heavy atom. The first kappa shape index (κ1) is 20.1. The van der Waals surface area contributed by atoms with E-state index in [-0.39, 0.29) is 24.0 Å². The van der Waals surface area contributed by atoms with Gasteiger partial charge in [-0.1, -0.05) is 13.0 Å². The average Bonchev–Trinajstić information content (AvgIpc) is 3.13. The van der Waals surface area contributed by atoms with Crippen molar-refractivity contribution in [3.05, 3.63) is 22.4 Å². The summed E-state index contributed by atoms with van der Waals surface area (Å²) in [6.45, 7) is 9.45. The van der Waals surface area contributed by atoms with E-state index in [4.69, 9.17) is 4.99 Å². The van der Waals surface area contributed by atoms with Gasteiger partial charge < -0.3 is 10.6 Å². The summed E-state index contributed by atoms with van der Waals surface area (Å²) in [5.74, 6) is 2.76. The third kappa shape index (κ3) is 6.28. The van der Waals surface area contributed by atoms with Crippen LogP contribution >= 0.6 is 47.1 Å². The van der Waals surface area contributed by atoms with Crippen LogP contribution in [0.3, 0.4) is 0 Å². The molecule has 1 fully saturated rings. The first-order chi connectivity index (χ1) is 10.1. The zero-order valence-corrected chi connectivity index (χ0v) is 17.7. The molecule has 2 N–H and O–H groups in total. The number of rotatable bonds is 6. The molecule has 0 aromatic carbocycles. The molecule has 0 saturated carbocycles. The molecule has 2 atom stereocenters. The highest BCUT2D eigenvalue weighted by molar-refractivity contribution is 14.0. The lowest BCUT2D eigenvalue weighted by Gasteiger charge is -2.21. The van der Waals surface area contributed by atoms with Crippen LogP contribution in [0.15, 0.2) is 22.5 Å². The number of nitrogens with one attached hydrogen (secondary N) is 2. The number of thiophene rings is 1. The Balaban J connectivity index is 0.00000242. The van der Waals surface area contributed by atoms with Gasteiger partial charge in [0.2, 0.25) is 0 Å². The summed E-state index contributed by atoms with van der Waals surface area (Å²) in [7, 11) is 0. The van der Waals surface area contributed by atoms with Crippen LogP contribution < -0.4 is 10.6 Å². The number of nitrogens with zero attached hydrogens (tertiary/aromatic N) is 1. The second kappa shape index (κ2) is 10.0. The molecule has 1 aromatic rings. The summed E-state index contributed by atoms with van der Waals surface area (Å²) in [4.78, 5) is 6.22. The maximum Gasteiger partial charge on any atom is 0.191 e. The van der Waals surface area contributed by atoms with E-state index in [1.54, 1.807) is 0 Å². The highest BCUT2D eigenvalue weighted by Gasteiger charge is 2.29. The summed E-state index contributed by atoms with van der Waals surface area (Å²) in [5, 5.41) is 8.99. The molecule has 2 unspecified atom stereocenters. The van der Waals surface area contributed by atoms with E-state index in [0.717, 1.165) is 25.6 Å². The monoisotopic (exact) mass is 453 g/mol. The first-order valence-corrected chi connectivity index (χ1v) is 9.69. The quantitative estimate of drug-likeness (QED) is 0.383. The van der Waals surface area contributed by atoms with Crippen LogP contribution in [0.1, 0.15) is 44.4 Å². The Morgan fingerprint density at radius 1 is 1.45 bits per heavy atom. The van der Waals surface area contributed by atoms with Gasteiger partial charge in [0.1, 0.15) is 0 Å². The summed E-state index contributed by atoms with van der Waals surface area (Å²) >= 11 is 3.89. The zero-order chi connectivity index (χ0) is 15.1. The van der Waals surface area contributed by atoms with Crippen molar-refractivity contribution in [1.82, 2.24) is 10.6 Å². The van der Waals surface area contributed by atoms with Crippen molar-refractivity contribution in [1.29, 1.82) is 0 Å². The van der Waals surface area contributed by atoms with Gasteiger partial charge in [0, 0.05) is 28.6 Å². The number of aliphatic imine (C=N–C) groups is 1. The molecule has 0 radical (unpaired) electrons. The minimum atomic E-state index is 0. The molecular formula is C16H28IN3S2. The molecule has 1 aliphatic heterocycles. The summed E-state index contributed by atoms with van der Waals surface area (Å²) in [6.07, 6.45) is 2.61. The van der Waals surface area contributed by atoms with Crippen molar-refractivity contribution < 1.29 is 0 Å². The van der Waals surface area contributed by atoms with Gasteiger partial charge in [0.05, 0.1) is 6.54 Å². The average molecular weight is 453 g/mol. The third-order valence-corrected chi connectivity index (χ3v) is 6.45. The predicted octanol–water partition coefficient (Wildman–Crippen LogP) is 4.31. The third-order valence-electron chi connectivity index (χ3n) is 3.82. The van der Waals surface area contributed by atoms with Crippen LogP contribution in [0, 0.1) is 0 Å². The molecule has 126 valence electrons. The second-order valence-corrected chi connectivity index (χ2v) is 8.56. The topological polar surface area (TPSA) is 36.4 Å². The Kier molecular flexibility index (Phi) is 9.16. The second-order valence-electron chi connectivity index (χ2n) is 5.89. The Labute approximate surface area is 160 Å². The minimum Gasteiger partial charge on any atom is -0.357 e. The summed E-state index contributed by atoms with van der Waals surface area (Å²) < 4.78 is 0.335. The van der Waals surface area contributed by atoms with E-state index in [2.05, 4.69) is 60.7 Å². The molecule has 0 spiro atoms. The van der Waals surface area contributed by atoms with E-state index in [9.17, 15) is 0 Å². The van der Waals surface area contributed by atoms with Crippen molar-refractivity contribution in [2.45, 2.75) is 44.3 Å². The molecule has 2 rings (SSSR count). The molecular weight excluding hydrogens is 425 g/mol. The number of halogens is 1. The van der Waals surface area contributed by atoms with Crippen LogP contribution in [-0.4, -0.2) is 36.1 Å². The van der Waals surface area contributed by atoms with Crippen molar-refractivity contribution in [3.63, 3.8) is 0 Å². The van der Waals surface area contributed by atoms with Crippen LogP contribution in [-0.2, 0) is 0 Å². The molecule has 22 heavy (non-hydrogen) atoms. The van der Waals surface area contributed by atoms with Gasteiger partial charge in [-0.25, -0.2) is 0 Å². The van der Waals surface area contributed by atoms with Gasteiger partial charge in [0.25, 0.3) is 0 Å². The number of thioether (sulfide) groups is 1. The maximum atomic E-state index is 4.80. The largest absolute Gasteiger partial charge is 0.357 e. The fourth-order valence-corrected chi connectivity index (χ4v) is 4.48. The summed E-state index contributed by atoms with van der Waals surface area (Å²) in [6, 6.07) is 4.32. The lowest BCUT2D eigenvalue weighted by molar-refractivity contribution is 0.612. The molecule has 6 heteroatoms. The predicted molar refractivity (Wildman–Crippen MR) is 112 cm³/mol. The van der Waals surface area contributed by atoms with Gasteiger partial charge in [0.15, 0.2) is 5.96 Å². The lowest BCUT2D eigenvalue weighted by atomic mass is 10.1. The van der Waals surface area contributed by atoms with Gasteiger partial charge in [-0.05, 0) is 43.9 Å². The normalized spacial score (nSPS) is 23.0. The van der Waals surface area contributed by atoms with Crippen LogP contribution in [0.5, 0.6) is 0 Å². The fourth-order valence-electron chi connectivity index (χ4n) is 2.47. The van der Waals surface area contributed by atoms with Crippen LogP contribution in [0.4, 0.5) is 0 Å². The summed E-state index contributed by atoms with van der Waals surface area (Å²) in [5.41, 5.74) is 0. The number of hydrogen-bond donors (Lipinski definition) is 2. The van der Waals surface area contributed by atoms with E-state index in [1.807, 2.05) is 11.3 Å². The maximum absolute atomic E-state index is 4.80. The van der Waals surface area contributed by atoms with Crippen molar-refractivity contribution in [3.8, 4) is 0 Å². The Morgan fingerprint density at radius 3 is 2.86 bits per heavy atom. The molecule has 1 aliphatic rings. The van der Waals surface area contributed by atoms with Crippen LogP contribution in [0.2, 0.25) is 0 Å². The van der Waals surface area contributed by atoms with E-state index < -0.39 is 0 Å². The van der Waals surface area contributed by atoms with Gasteiger partial charge in [-0.15, -0.1) is 35.3 Å². The van der Waals surface area contributed by atoms with Crippen LogP contribution in [0.25, 0.3) is 0 Å². The zero-order valence-electron chi connectivity index (χ0n) is 13.7. The SMILES string of the molecule is CCNC(=NCC1(C)CCCS1)NCC(C)c1cccs1.I. The molecule has 2 heterocycles. The van der Waals surface area contributed by atoms with Gasteiger partial charge in [-0.3, -0.25) is 4.99 Å². The van der Waals surface area contributed by atoms with E-state index in [1.165, 1.54) is 23.5 Å². The highest BCUT2D eigenvalue weighted by atomic mass is 127. The Bertz CT molecular complexity index is 442. The fraction of sp³-hybridized carbons (Fsp3) is 0.688.